The van der Waals surface area contributed by atoms with Gasteiger partial charge in [-0.25, -0.2) is 0 Å². The average Bonchev–Trinajstić information content (AvgIpc) is 2.53. The fraction of sp³-hybridized carbons (Fsp3) is 0.667. The number of fused-ring (bicyclic) bond motifs is 1. The summed E-state index contributed by atoms with van der Waals surface area (Å²) < 4.78 is 5.33. The summed E-state index contributed by atoms with van der Waals surface area (Å²) in [5.74, 6) is 1.90. The van der Waals surface area contributed by atoms with Crippen LogP contribution >= 0.6 is 12.4 Å². The Bertz CT molecular complexity index is 443. The van der Waals surface area contributed by atoms with Crippen molar-refractivity contribution in [3.63, 3.8) is 0 Å². The molecule has 3 heteroatoms. The molecule has 1 aliphatic heterocycles. The molecule has 0 amide bonds. The number of nitrogens with zero attached hydrogens (tertiary/aromatic N) is 1. The normalized spacial score (nSPS) is 22.2. The lowest BCUT2D eigenvalue weighted by Gasteiger charge is -2.30. The fourth-order valence-corrected chi connectivity index (χ4v) is 3.73. The van der Waals surface area contributed by atoms with Crippen molar-refractivity contribution in [2.75, 3.05) is 26.7 Å². The minimum Gasteiger partial charge on any atom is -0.497 e. The van der Waals surface area contributed by atoms with Crippen LogP contribution < -0.4 is 4.74 Å². The number of hydrogen-bond acceptors (Lipinski definition) is 2. The van der Waals surface area contributed by atoms with E-state index in [1.807, 2.05) is 0 Å². The zero-order valence-corrected chi connectivity index (χ0v) is 14.0. The van der Waals surface area contributed by atoms with E-state index in [9.17, 15) is 0 Å². The molecule has 0 bridgehead atoms. The summed E-state index contributed by atoms with van der Waals surface area (Å²) in [4.78, 5) is 2.67. The highest BCUT2D eigenvalue weighted by Crippen LogP contribution is 2.30. The molecule has 118 valence electrons. The van der Waals surface area contributed by atoms with E-state index in [2.05, 4.69) is 23.1 Å². The van der Waals surface area contributed by atoms with Crippen molar-refractivity contribution < 1.29 is 4.74 Å². The van der Waals surface area contributed by atoms with Gasteiger partial charge in [-0.3, -0.25) is 0 Å². The molecular formula is C18H28ClNO. The first-order valence-corrected chi connectivity index (χ1v) is 8.23. The number of hydrogen-bond donors (Lipinski definition) is 0. The molecule has 2 aliphatic rings. The standard InChI is InChI=1S/C18H27NO.ClH/c1-20-18-8-7-16-13-15(5-6-17(16)14-18)9-12-19-10-3-2-4-11-19;/h7-8,14-15H,2-6,9-13H2,1H3;1H. The summed E-state index contributed by atoms with van der Waals surface area (Å²) in [6.45, 7) is 3.98. The molecule has 1 aromatic carbocycles. The lowest BCUT2D eigenvalue weighted by molar-refractivity contribution is 0.209. The number of aryl methyl sites for hydroxylation is 1. The highest BCUT2D eigenvalue weighted by molar-refractivity contribution is 5.85. The predicted molar refractivity (Wildman–Crippen MR) is 90.7 cm³/mol. The number of benzene rings is 1. The van der Waals surface area contributed by atoms with Crippen molar-refractivity contribution in [3.8, 4) is 5.75 Å². The molecule has 1 fully saturated rings. The van der Waals surface area contributed by atoms with Gasteiger partial charge in [-0.05, 0) is 87.3 Å². The summed E-state index contributed by atoms with van der Waals surface area (Å²) in [6.07, 6.45) is 9.50. The van der Waals surface area contributed by atoms with Gasteiger partial charge < -0.3 is 9.64 Å². The first kappa shape index (κ1) is 16.6. The Labute approximate surface area is 135 Å². The SMILES string of the molecule is COc1ccc2c(c1)CCC(CCN1CCCCC1)C2.Cl. The van der Waals surface area contributed by atoms with Crippen molar-refractivity contribution in [2.24, 2.45) is 5.92 Å². The second-order valence-corrected chi connectivity index (χ2v) is 6.43. The third-order valence-corrected chi connectivity index (χ3v) is 5.05. The highest BCUT2D eigenvalue weighted by Gasteiger charge is 2.20. The molecule has 0 aromatic heterocycles. The predicted octanol–water partition coefficient (Wildman–Crippen LogP) is 4.10. The smallest absolute Gasteiger partial charge is 0.119 e. The number of ether oxygens (including phenoxy) is 1. The van der Waals surface area contributed by atoms with Crippen LogP contribution in [-0.4, -0.2) is 31.6 Å². The molecule has 1 unspecified atom stereocenters. The lowest BCUT2D eigenvalue weighted by atomic mass is 9.82. The Kier molecular flexibility index (Phi) is 6.38. The van der Waals surface area contributed by atoms with Gasteiger partial charge in [0, 0.05) is 0 Å². The van der Waals surface area contributed by atoms with Crippen LogP contribution in [0.25, 0.3) is 0 Å². The lowest BCUT2D eigenvalue weighted by Crippen LogP contribution is -2.32. The average molecular weight is 310 g/mol. The van der Waals surface area contributed by atoms with Gasteiger partial charge in [0.25, 0.3) is 0 Å². The van der Waals surface area contributed by atoms with E-state index in [4.69, 9.17) is 4.74 Å². The van der Waals surface area contributed by atoms with Crippen molar-refractivity contribution >= 4 is 12.4 Å². The molecule has 1 atom stereocenters. The summed E-state index contributed by atoms with van der Waals surface area (Å²) >= 11 is 0. The van der Waals surface area contributed by atoms with Crippen molar-refractivity contribution in [1.82, 2.24) is 4.90 Å². The van der Waals surface area contributed by atoms with Crippen molar-refractivity contribution in [1.29, 1.82) is 0 Å². The van der Waals surface area contributed by atoms with Crippen molar-refractivity contribution in [3.05, 3.63) is 29.3 Å². The highest BCUT2D eigenvalue weighted by atomic mass is 35.5. The van der Waals surface area contributed by atoms with Gasteiger partial charge in [0.15, 0.2) is 0 Å². The molecule has 1 aromatic rings. The van der Waals surface area contributed by atoms with Gasteiger partial charge in [0.05, 0.1) is 7.11 Å². The van der Waals surface area contributed by atoms with E-state index in [0.29, 0.717) is 0 Å². The molecule has 1 heterocycles. The number of rotatable bonds is 4. The molecule has 21 heavy (non-hydrogen) atoms. The van der Waals surface area contributed by atoms with Gasteiger partial charge in [-0.1, -0.05) is 12.5 Å². The Hall–Kier alpha value is -0.730. The molecular weight excluding hydrogens is 282 g/mol. The van der Waals surface area contributed by atoms with Gasteiger partial charge in [0.2, 0.25) is 0 Å². The van der Waals surface area contributed by atoms with E-state index < -0.39 is 0 Å². The zero-order valence-electron chi connectivity index (χ0n) is 13.1. The Balaban J connectivity index is 0.00000161. The molecule has 2 nitrogen and oxygen atoms in total. The largest absolute Gasteiger partial charge is 0.497 e. The Morgan fingerprint density at radius 1 is 1.14 bits per heavy atom. The number of halogens is 1. The van der Waals surface area contributed by atoms with Gasteiger partial charge in [-0.15, -0.1) is 12.4 Å². The topological polar surface area (TPSA) is 12.5 Å². The van der Waals surface area contributed by atoms with Crippen LogP contribution in [0.1, 0.15) is 43.2 Å². The quantitative estimate of drug-likeness (QED) is 0.830. The second kappa shape index (κ2) is 8.05. The van der Waals surface area contributed by atoms with Crippen molar-refractivity contribution in [2.45, 2.75) is 44.9 Å². The third-order valence-electron chi connectivity index (χ3n) is 5.05. The Morgan fingerprint density at radius 3 is 2.71 bits per heavy atom. The molecule has 0 radical (unpaired) electrons. The summed E-state index contributed by atoms with van der Waals surface area (Å²) in [7, 11) is 1.76. The van der Waals surface area contributed by atoms with Crippen LogP contribution in [0.4, 0.5) is 0 Å². The van der Waals surface area contributed by atoms with Gasteiger partial charge in [0.1, 0.15) is 5.75 Å². The minimum absolute atomic E-state index is 0. The number of likely N-dealkylation sites (tertiary alicyclic amines) is 1. The Morgan fingerprint density at radius 2 is 1.95 bits per heavy atom. The molecule has 0 N–H and O–H groups in total. The molecule has 1 saturated heterocycles. The molecule has 1 aliphatic carbocycles. The van der Waals surface area contributed by atoms with E-state index in [1.54, 1.807) is 12.7 Å². The maximum absolute atomic E-state index is 5.33. The maximum atomic E-state index is 5.33. The van der Waals surface area contributed by atoms with E-state index in [0.717, 1.165) is 11.7 Å². The zero-order chi connectivity index (χ0) is 13.8. The first-order valence-electron chi connectivity index (χ1n) is 8.23. The summed E-state index contributed by atoms with van der Waals surface area (Å²) in [5.41, 5.74) is 3.07. The minimum atomic E-state index is 0. The van der Waals surface area contributed by atoms with Crippen LogP contribution in [0, 0.1) is 5.92 Å². The summed E-state index contributed by atoms with van der Waals surface area (Å²) in [5, 5.41) is 0. The maximum Gasteiger partial charge on any atom is 0.119 e. The van der Waals surface area contributed by atoms with E-state index >= 15 is 0 Å². The van der Waals surface area contributed by atoms with E-state index in [1.165, 1.54) is 70.1 Å². The van der Waals surface area contributed by atoms with Gasteiger partial charge >= 0.3 is 0 Å². The number of methoxy groups -OCH3 is 1. The number of piperidine rings is 1. The van der Waals surface area contributed by atoms with Crippen LogP contribution in [0.3, 0.4) is 0 Å². The molecule has 0 spiro atoms. The molecule has 3 rings (SSSR count). The third kappa shape index (κ3) is 4.37. The van der Waals surface area contributed by atoms with Crippen LogP contribution in [0.5, 0.6) is 5.75 Å². The summed E-state index contributed by atoms with van der Waals surface area (Å²) in [6, 6.07) is 6.63. The fourth-order valence-electron chi connectivity index (χ4n) is 3.73. The first-order chi connectivity index (χ1) is 9.85. The van der Waals surface area contributed by atoms with Crippen LogP contribution in [0.2, 0.25) is 0 Å². The monoisotopic (exact) mass is 309 g/mol. The molecule has 0 saturated carbocycles. The second-order valence-electron chi connectivity index (χ2n) is 6.43. The van der Waals surface area contributed by atoms with E-state index in [-0.39, 0.29) is 12.4 Å². The van der Waals surface area contributed by atoms with Crippen LogP contribution in [0.15, 0.2) is 18.2 Å². The van der Waals surface area contributed by atoms with Crippen LogP contribution in [-0.2, 0) is 12.8 Å². The van der Waals surface area contributed by atoms with Gasteiger partial charge in [-0.2, -0.15) is 0 Å².